The quantitative estimate of drug-likeness (QED) is 0.924. The molecule has 1 unspecified atom stereocenters. The van der Waals surface area contributed by atoms with Crippen molar-refractivity contribution in [1.82, 2.24) is 15.1 Å². The molecule has 4 nitrogen and oxygen atoms in total. The second-order valence-corrected chi connectivity index (χ2v) is 5.86. The van der Waals surface area contributed by atoms with Crippen LogP contribution in [0.4, 0.5) is 0 Å². The van der Waals surface area contributed by atoms with Crippen LogP contribution in [0.25, 0.3) is 0 Å². The number of Topliss-reactive ketones (excluding diaryl/α,β-unsaturated/α-hetero) is 1. The average molecular weight is 284 g/mol. The Hall–Kier alpha value is -0.870. The number of halogens is 1. The molecule has 19 heavy (non-hydrogen) atoms. The standard InChI is InChI=1S/C14H22ClN3O/c1-4-18-11(13(15)10(2)17-18)9-12(19)14(3)7-5-6-8-16-14/h16H,4-9H2,1-3H3. The van der Waals surface area contributed by atoms with Crippen LogP contribution in [0.3, 0.4) is 0 Å². The van der Waals surface area contributed by atoms with Crippen LogP contribution in [0.5, 0.6) is 0 Å². The highest BCUT2D eigenvalue weighted by Crippen LogP contribution is 2.25. The molecule has 2 rings (SSSR count). The molecule has 0 radical (unpaired) electrons. The topological polar surface area (TPSA) is 46.9 Å². The maximum absolute atomic E-state index is 12.6. The van der Waals surface area contributed by atoms with Crippen LogP contribution in [-0.2, 0) is 17.8 Å². The lowest BCUT2D eigenvalue weighted by Gasteiger charge is -2.33. The molecule has 5 heteroatoms. The van der Waals surface area contributed by atoms with Gasteiger partial charge in [0.25, 0.3) is 0 Å². The Kier molecular flexibility index (Phi) is 4.31. The average Bonchev–Trinajstić information content (AvgIpc) is 2.67. The van der Waals surface area contributed by atoms with Gasteiger partial charge in [-0.1, -0.05) is 11.6 Å². The number of carbonyl (C=O) groups is 1. The molecule has 1 N–H and O–H groups in total. The van der Waals surface area contributed by atoms with Crippen molar-refractivity contribution in [1.29, 1.82) is 0 Å². The Morgan fingerprint density at radius 2 is 2.26 bits per heavy atom. The summed E-state index contributed by atoms with van der Waals surface area (Å²) in [7, 11) is 0. The van der Waals surface area contributed by atoms with Crippen LogP contribution < -0.4 is 5.32 Å². The molecule has 0 aliphatic carbocycles. The third kappa shape index (κ3) is 2.84. The van der Waals surface area contributed by atoms with E-state index in [1.54, 1.807) is 0 Å². The van der Waals surface area contributed by atoms with E-state index in [1.807, 2.05) is 25.5 Å². The van der Waals surface area contributed by atoms with Gasteiger partial charge in [-0.15, -0.1) is 0 Å². The largest absolute Gasteiger partial charge is 0.305 e. The Bertz CT molecular complexity index is 475. The first-order valence-electron chi connectivity index (χ1n) is 6.98. The van der Waals surface area contributed by atoms with E-state index in [2.05, 4.69) is 10.4 Å². The molecule has 1 aromatic rings. The van der Waals surface area contributed by atoms with Crippen LogP contribution >= 0.6 is 11.6 Å². The molecule has 1 aromatic heterocycles. The van der Waals surface area contributed by atoms with E-state index >= 15 is 0 Å². The SMILES string of the molecule is CCn1nc(C)c(Cl)c1CC(=O)C1(C)CCCCN1. The highest BCUT2D eigenvalue weighted by molar-refractivity contribution is 6.32. The van der Waals surface area contributed by atoms with Crippen LogP contribution in [0, 0.1) is 6.92 Å². The lowest BCUT2D eigenvalue weighted by atomic mass is 9.85. The van der Waals surface area contributed by atoms with Gasteiger partial charge in [-0.05, 0) is 46.6 Å². The van der Waals surface area contributed by atoms with E-state index in [-0.39, 0.29) is 5.78 Å². The summed E-state index contributed by atoms with van der Waals surface area (Å²) in [5.41, 5.74) is 1.24. The number of rotatable bonds is 4. The number of piperidine rings is 1. The number of hydrogen-bond acceptors (Lipinski definition) is 3. The number of nitrogens with one attached hydrogen (secondary N) is 1. The van der Waals surface area contributed by atoms with Crippen LogP contribution in [0.2, 0.25) is 5.02 Å². The van der Waals surface area contributed by atoms with Crippen LogP contribution in [0.15, 0.2) is 0 Å². The van der Waals surface area contributed by atoms with Gasteiger partial charge in [0.1, 0.15) is 0 Å². The number of ketones is 1. The number of aryl methyl sites for hydroxylation is 2. The first kappa shape index (κ1) is 14.5. The second kappa shape index (κ2) is 5.63. The second-order valence-electron chi connectivity index (χ2n) is 5.48. The summed E-state index contributed by atoms with van der Waals surface area (Å²) in [5.74, 6) is 0.212. The van der Waals surface area contributed by atoms with E-state index < -0.39 is 5.54 Å². The van der Waals surface area contributed by atoms with E-state index in [4.69, 9.17) is 11.6 Å². The third-order valence-corrected chi connectivity index (χ3v) is 4.51. The smallest absolute Gasteiger partial charge is 0.158 e. The molecule has 0 spiro atoms. The number of carbonyl (C=O) groups excluding carboxylic acids is 1. The molecule has 106 valence electrons. The first-order chi connectivity index (χ1) is 8.98. The fraction of sp³-hybridized carbons (Fsp3) is 0.714. The van der Waals surface area contributed by atoms with Crippen molar-refractivity contribution in [3.8, 4) is 0 Å². The lowest BCUT2D eigenvalue weighted by molar-refractivity contribution is -0.125. The minimum absolute atomic E-state index is 0.212. The molecular formula is C14H22ClN3O. The zero-order chi connectivity index (χ0) is 14.0. The molecule has 0 aromatic carbocycles. The predicted octanol–water partition coefficient (Wildman–Crippen LogP) is 2.51. The number of nitrogens with zero attached hydrogens (tertiary/aromatic N) is 2. The maximum Gasteiger partial charge on any atom is 0.158 e. The Morgan fingerprint density at radius 3 is 2.84 bits per heavy atom. The highest BCUT2D eigenvalue weighted by atomic mass is 35.5. The molecule has 1 atom stereocenters. The van der Waals surface area contributed by atoms with E-state index in [9.17, 15) is 4.79 Å². The minimum atomic E-state index is -0.404. The van der Waals surface area contributed by atoms with Crippen molar-refractivity contribution >= 4 is 17.4 Å². The van der Waals surface area contributed by atoms with Gasteiger partial charge < -0.3 is 5.32 Å². The zero-order valence-corrected chi connectivity index (χ0v) is 12.7. The summed E-state index contributed by atoms with van der Waals surface area (Å²) in [4.78, 5) is 12.6. The van der Waals surface area contributed by atoms with E-state index in [0.717, 1.165) is 43.7 Å². The zero-order valence-electron chi connectivity index (χ0n) is 11.9. The monoisotopic (exact) mass is 283 g/mol. The van der Waals surface area contributed by atoms with Gasteiger partial charge >= 0.3 is 0 Å². The summed E-state index contributed by atoms with van der Waals surface area (Å²) in [5, 5.41) is 8.35. The van der Waals surface area contributed by atoms with Crippen LogP contribution in [-0.4, -0.2) is 27.6 Å². The third-order valence-electron chi connectivity index (χ3n) is 4.01. The molecule has 0 saturated carbocycles. The minimum Gasteiger partial charge on any atom is -0.305 e. The molecular weight excluding hydrogens is 262 g/mol. The molecule has 1 saturated heterocycles. The van der Waals surface area contributed by atoms with Crippen molar-refractivity contribution in [2.45, 2.75) is 58.5 Å². The van der Waals surface area contributed by atoms with E-state index in [1.165, 1.54) is 0 Å². The molecule has 0 amide bonds. The fourth-order valence-electron chi connectivity index (χ4n) is 2.68. The summed E-state index contributed by atoms with van der Waals surface area (Å²) in [6.45, 7) is 7.55. The van der Waals surface area contributed by atoms with Gasteiger partial charge in [0.05, 0.1) is 28.4 Å². The Labute approximate surface area is 119 Å². The van der Waals surface area contributed by atoms with Gasteiger partial charge in [-0.2, -0.15) is 5.10 Å². The van der Waals surface area contributed by atoms with Crippen molar-refractivity contribution in [3.63, 3.8) is 0 Å². The fourth-order valence-corrected chi connectivity index (χ4v) is 2.88. The summed E-state index contributed by atoms with van der Waals surface area (Å²) in [6, 6.07) is 0. The molecule has 1 aliphatic heterocycles. The number of aromatic nitrogens is 2. The van der Waals surface area contributed by atoms with Gasteiger partial charge in [0.2, 0.25) is 0 Å². The molecule has 1 aliphatic rings. The van der Waals surface area contributed by atoms with Gasteiger partial charge in [-0.25, -0.2) is 0 Å². The summed E-state index contributed by atoms with van der Waals surface area (Å²) in [6.07, 6.45) is 3.52. The van der Waals surface area contributed by atoms with Crippen molar-refractivity contribution < 1.29 is 4.79 Å². The van der Waals surface area contributed by atoms with Crippen molar-refractivity contribution in [2.24, 2.45) is 0 Å². The Morgan fingerprint density at radius 1 is 1.53 bits per heavy atom. The maximum atomic E-state index is 12.6. The lowest BCUT2D eigenvalue weighted by Crippen LogP contribution is -2.52. The summed E-state index contributed by atoms with van der Waals surface area (Å²) >= 11 is 6.27. The molecule has 0 bridgehead atoms. The highest BCUT2D eigenvalue weighted by Gasteiger charge is 2.34. The van der Waals surface area contributed by atoms with Crippen molar-refractivity contribution in [3.05, 3.63) is 16.4 Å². The van der Waals surface area contributed by atoms with Gasteiger partial charge in [0, 0.05) is 6.54 Å². The molecule has 2 heterocycles. The van der Waals surface area contributed by atoms with E-state index in [0.29, 0.717) is 11.4 Å². The Balaban J connectivity index is 2.18. The summed E-state index contributed by atoms with van der Waals surface area (Å²) < 4.78 is 1.84. The van der Waals surface area contributed by atoms with Crippen molar-refractivity contribution in [2.75, 3.05) is 6.54 Å². The van der Waals surface area contributed by atoms with Crippen LogP contribution in [0.1, 0.15) is 44.5 Å². The van der Waals surface area contributed by atoms with Gasteiger partial charge in [-0.3, -0.25) is 9.48 Å². The molecule has 1 fully saturated rings. The number of hydrogen-bond donors (Lipinski definition) is 1. The predicted molar refractivity (Wildman–Crippen MR) is 76.6 cm³/mol. The van der Waals surface area contributed by atoms with Gasteiger partial charge in [0.15, 0.2) is 5.78 Å². The first-order valence-corrected chi connectivity index (χ1v) is 7.36. The normalized spacial score (nSPS) is 23.6.